The molecule has 0 amide bonds. The zero-order valence-corrected chi connectivity index (χ0v) is 10.7. The van der Waals surface area contributed by atoms with Gasteiger partial charge in [0.2, 0.25) is 5.82 Å². The molecule has 2 rings (SSSR count). The highest BCUT2D eigenvalue weighted by Gasteiger charge is 2.17. The van der Waals surface area contributed by atoms with Crippen LogP contribution < -0.4 is 0 Å². The van der Waals surface area contributed by atoms with Crippen LogP contribution >= 0.6 is 27.3 Å². The van der Waals surface area contributed by atoms with Gasteiger partial charge in [-0.1, -0.05) is 5.16 Å². The SMILES string of the molecule is CCOC(=O)c1nc(-c2ccc(Br)s2)no1. The number of rotatable bonds is 3. The summed E-state index contributed by atoms with van der Waals surface area (Å²) in [6.07, 6.45) is 0. The summed E-state index contributed by atoms with van der Waals surface area (Å²) in [6, 6.07) is 3.72. The highest BCUT2D eigenvalue weighted by Crippen LogP contribution is 2.29. The molecule has 0 atom stereocenters. The molecule has 0 aliphatic rings. The summed E-state index contributed by atoms with van der Waals surface area (Å²) < 4.78 is 10.5. The first-order chi connectivity index (χ1) is 7.70. The van der Waals surface area contributed by atoms with Crippen LogP contribution in [0.15, 0.2) is 20.4 Å². The molecule has 0 saturated heterocycles. The average Bonchev–Trinajstić information content (AvgIpc) is 2.85. The number of hydrogen-bond donors (Lipinski definition) is 0. The fraction of sp³-hybridized carbons (Fsp3) is 0.222. The minimum Gasteiger partial charge on any atom is -0.459 e. The summed E-state index contributed by atoms with van der Waals surface area (Å²) in [5.41, 5.74) is 0. The van der Waals surface area contributed by atoms with Gasteiger partial charge in [-0.3, -0.25) is 0 Å². The van der Waals surface area contributed by atoms with E-state index in [1.54, 1.807) is 6.92 Å². The van der Waals surface area contributed by atoms with E-state index < -0.39 is 5.97 Å². The van der Waals surface area contributed by atoms with Gasteiger partial charge in [0.1, 0.15) is 0 Å². The Balaban J connectivity index is 2.22. The van der Waals surface area contributed by atoms with E-state index in [1.807, 2.05) is 12.1 Å². The van der Waals surface area contributed by atoms with Gasteiger partial charge in [-0.25, -0.2) is 4.79 Å². The predicted octanol–water partition coefficient (Wildman–Crippen LogP) is 2.74. The molecule has 0 unspecified atom stereocenters. The minimum absolute atomic E-state index is 0.124. The second-order valence-corrected chi connectivity index (χ2v) is 5.21. The molecule has 0 saturated carbocycles. The van der Waals surface area contributed by atoms with Crippen LogP contribution in [0, 0.1) is 0 Å². The molecule has 0 N–H and O–H groups in total. The van der Waals surface area contributed by atoms with E-state index in [4.69, 9.17) is 9.26 Å². The van der Waals surface area contributed by atoms with Gasteiger partial charge < -0.3 is 9.26 Å². The molecule has 0 bridgehead atoms. The minimum atomic E-state index is -0.600. The molecule has 2 heterocycles. The van der Waals surface area contributed by atoms with Crippen LogP contribution in [-0.4, -0.2) is 22.7 Å². The highest BCUT2D eigenvalue weighted by molar-refractivity contribution is 9.11. The van der Waals surface area contributed by atoms with Crippen molar-refractivity contribution in [3.8, 4) is 10.7 Å². The number of nitrogens with zero attached hydrogens (tertiary/aromatic N) is 2. The Labute approximate surface area is 104 Å². The molecule has 5 nitrogen and oxygen atoms in total. The largest absolute Gasteiger partial charge is 0.459 e. The van der Waals surface area contributed by atoms with Crippen molar-refractivity contribution in [3.63, 3.8) is 0 Å². The van der Waals surface area contributed by atoms with Crippen molar-refractivity contribution in [1.82, 2.24) is 10.1 Å². The molecule has 0 aromatic carbocycles. The Bertz CT molecular complexity index is 508. The van der Waals surface area contributed by atoms with Gasteiger partial charge in [-0.15, -0.1) is 11.3 Å². The van der Waals surface area contributed by atoms with Crippen molar-refractivity contribution >= 4 is 33.2 Å². The van der Waals surface area contributed by atoms with Gasteiger partial charge in [0, 0.05) is 0 Å². The van der Waals surface area contributed by atoms with Crippen LogP contribution in [-0.2, 0) is 4.74 Å². The second-order valence-electron chi connectivity index (χ2n) is 2.75. The zero-order valence-electron chi connectivity index (χ0n) is 8.27. The number of hydrogen-bond acceptors (Lipinski definition) is 6. The number of halogens is 1. The van der Waals surface area contributed by atoms with Crippen molar-refractivity contribution < 1.29 is 14.1 Å². The van der Waals surface area contributed by atoms with Crippen molar-refractivity contribution in [2.45, 2.75) is 6.92 Å². The van der Waals surface area contributed by atoms with E-state index in [2.05, 4.69) is 26.1 Å². The van der Waals surface area contributed by atoms with Crippen LogP contribution in [0.4, 0.5) is 0 Å². The van der Waals surface area contributed by atoms with E-state index >= 15 is 0 Å². The van der Waals surface area contributed by atoms with E-state index in [1.165, 1.54) is 11.3 Å². The molecule has 0 aliphatic heterocycles. The van der Waals surface area contributed by atoms with Crippen LogP contribution in [0.2, 0.25) is 0 Å². The fourth-order valence-corrected chi connectivity index (χ4v) is 2.35. The molecule has 2 aromatic heterocycles. The summed E-state index contributed by atoms with van der Waals surface area (Å²) in [6.45, 7) is 1.99. The van der Waals surface area contributed by atoms with Crippen molar-refractivity contribution in [1.29, 1.82) is 0 Å². The lowest BCUT2D eigenvalue weighted by Gasteiger charge is -1.93. The molecular weight excluding hydrogens is 296 g/mol. The number of thiophene rings is 1. The Morgan fingerprint density at radius 3 is 3.06 bits per heavy atom. The molecule has 0 radical (unpaired) electrons. The summed E-state index contributed by atoms with van der Waals surface area (Å²) in [5, 5.41) is 3.71. The normalized spacial score (nSPS) is 10.4. The van der Waals surface area contributed by atoms with Crippen LogP contribution in [0.25, 0.3) is 10.7 Å². The topological polar surface area (TPSA) is 65.2 Å². The molecule has 2 aromatic rings. The number of esters is 1. The number of ether oxygens (including phenoxy) is 1. The first-order valence-electron chi connectivity index (χ1n) is 4.47. The number of carbonyl (C=O) groups is 1. The van der Waals surface area contributed by atoms with Gasteiger partial charge in [-0.2, -0.15) is 4.98 Å². The number of aromatic nitrogens is 2. The first-order valence-corrected chi connectivity index (χ1v) is 6.08. The molecule has 7 heteroatoms. The Kier molecular flexibility index (Phi) is 3.35. The third kappa shape index (κ3) is 2.30. The van der Waals surface area contributed by atoms with Gasteiger partial charge in [0.25, 0.3) is 0 Å². The molecule has 0 fully saturated rings. The van der Waals surface area contributed by atoms with E-state index in [0.717, 1.165) is 8.66 Å². The number of carbonyl (C=O) groups excluding carboxylic acids is 1. The maximum atomic E-state index is 11.3. The van der Waals surface area contributed by atoms with Gasteiger partial charge >= 0.3 is 11.9 Å². The fourth-order valence-electron chi connectivity index (χ4n) is 1.03. The Hall–Kier alpha value is -1.21. The maximum absolute atomic E-state index is 11.3. The lowest BCUT2D eigenvalue weighted by atomic mass is 10.4. The van der Waals surface area contributed by atoms with Gasteiger partial charge in [0.05, 0.1) is 15.3 Å². The molecule has 16 heavy (non-hydrogen) atoms. The van der Waals surface area contributed by atoms with Crippen molar-refractivity contribution in [2.24, 2.45) is 0 Å². The third-order valence-corrected chi connectivity index (χ3v) is 3.29. The van der Waals surface area contributed by atoms with Crippen LogP contribution in [0.1, 0.15) is 17.6 Å². The summed E-state index contributed by atoms with van der Waals surface area (Å²) in [7, 11) is 0. The quantitative estimate of drug-likeness (QED) is 0.816. The van der Waals surface area contributed by atoms with Crippen molar-refractivity contribution in [2.75, 3.05) is 6.61 Å². The van der Waals surface area contributed by atoms with E-state index in [9.17, 15) is 4.79 Å². The van der Waals surface area contributed by atoms with E-state index in [-0.39, 0.29) is 12.5 Å². The maximum Gasteiger partial charge on any atom is 0.397 e. The zero-order chi connectivity index (χ0) is 11.5. The van der Waals surface area contributed by atoms with Crippen molar-refractivity contribution in [3.05, 3.63) is 21.8 Å². The lowest BCUT2D eigenvalue weighted by molar-refractivity contribution is 0.0470. The van der Waals surface area contributed by atoms with Crippen LogP contribution in [0.5, 0.6) is 0 Å². The molecule has 0 spiro atoms. The molecule has 0 aliphatic carbocycles. The Morgan fingerprint density at radius 1 is 1.62 bits per heavy atom. The third-order valence-electron chi connectivity index (χ3n) is 1.67. The second kappa shape index (κ2) is 4.75. The Morgan fingerprint density at radius 2 is 2.44 bits per heavy atom. The summed E-state index contributed by atoms with van der Waals surface area (Å²) >= 11 is 4.79. The van der Waals surface area contributed by atoms with E-state index in [0.29, 0.717) is 5.82 Å². The molecule has 84 valence electrons. The predicted molar refractivity (Wildman–Crippen MR) is 61.3 cm³/mol. The standard InChI is InChI=1S/C9H7BrN2O3S/c1-2-14-9(13)8-11-7(12-15-8)5-3-4-6(10)16-5/h3-4H,2H2,1H3. The van der Waals surface area contributed by atoms with Gasteiger partial charge in [0.15, 0.2) is 0 Å². The summed E-state index contributed by atoms with van der Waals surface area (Å²) in [5.74, 6) is -0.336. The summed E-state index contributed by atoms with van der Waals surface area (Å²) in [4.78, 5) is 16.0. The highest BCUT2D eigenvalue weighted by atomic mass is 79.9. The molecular formula is C9H7BrN2O3S. The van der Waals surface area contributed by atoms with Crippen LogP contribution in [0.3, 0.4) is 0 Å². The van der Waals surface area contributed by atoms with Gasteiger partial charge in [-0.05, 0) is 35.0 Å². The average molecular weight is 303 g/mol. The monoisotopic (exact) mass is 302 g/mol. The first kappa shape index (κ1) is 11.3. The smallest absolute Gasteiger partial charge is 0.397 e. The lowest BCUT2D eigenvalue weighted by Crippen LogP contribution is -2.04.